The Morgan fingerprint density at radius 2 is 2.05 bits per heavy atom. The molecule has 102 valence electrons. The Kier molecular flexibility index (Phi) is 3.37. The molecular weight excluding hydrogens is 262 g/mol. The number of urea groups is 1. The van der Waals surface area contributed by atoms with E-state index < -0.39 is 0 Å². The van der Waals surface area contributed by atoms with Crippen LogP contribution >= 0.6 is 11.6 Å². The Balaban J connectivity index is 1.81. The first-order chi connectivity index (χ1) is 9.15. The van der Waals surface area contributed by atoms with Crippen molar-refractivity contribution in [2.45, 2.75) is 25.4 Å². The van der Waals surface area contributed by atoms with Crippen molar-refractivity contribution in [2.24, 2.45) is 0 Å². The summed E-state index contributed by atoms with van der Waals surface area (Å²) in [6.45, 7) is 2.71. The number of amides is 2. The number of nitrogens with zero attached hydrogens (tertiary/aromatic N) is 2. The fourth-order valence-corrected chi connectivity index (χ4v) is 3.10. The fraction of sp³-hybridized carbons (Fsp3) is 0.500. The Bertz CT molecular complexity index is 497. The number of piperidine rings is 1. The van der Waals surface area contributed by atoms with Crippen molar-refractivity contribution in [1.29, 1.82) is 0 Å². The van der Waals surface area contributed by atoms with Gasteiger partial charge in [-0.25, -0.2) is 4.79 Å². The van der Waals surface area contributed by atoms with Crippen LogP contribution in [0.4, 0.5) is 10.5 Å². The lowest BCUT2D eigenvalue weighted by Gasteiger charge is -2.39. The molecular formula is C14H18ClN3O. The molecule has 1 N–H and O–H groups in total. The van der Waals surface area contributed by atoms with Gasteiger partial charge in [0.05, 0.1) is 6.54 Å². The molecule has 0 aromatic heterocycles. The molecule has 0 atom stereocenters. The number of benzene rings is 1. The summed E-state index contributed by atoms with van der Waals surface area (Å²) >= 11 is 6.23. The zero-order valence-electron chi connectivity index (χ0n) is 11.0. The highest BCUT2D eigenvalue weighted by Gasteiger charge is 2.31. The lowest BCUT2D eigenvalue weighted by molar-refractivity contribution is 0.133. The number of anilines is 1. The van der Waals surface area contributed by atoms with Crippen LogP contribution in [0.5, 0.6) is 0 Å². The Hall–Kier alpha value is -1.26. The first kappa shape index (κ1) is 12.8. The van der Waals surface area contributed by atoms with Gasteiger partial charge >= 0.3 is 6.03 Å². The SMILES string of the molecule is CN1CCC(N2Cc3c(Cl)cccc3NC2=O)CC1. The first-order valence-electron chi connectivity index (χ1n) is 6.68. The zero-order chi connectivity index (χ0) is 13.4. The Morgan fingerprint density at radius 3 is 2.79 bits per heavy atom. The van der Waals surface area contributed by atoms with Crippen LogP contribution in [0.2, 0.25) is 5.02 Å². The second-order valence-electron chi connectivity index (χ2n) is 5.36. The highest BCUT2D eigenvalue weighted by molar-refractivity contribution is 6.32. The number of nitrogens with one attached hydrogen (secondary N) is 1. The Morgan fingerprint density at radius 1 is 1.32 bits per heavy atom. The van der Waals surface area contributed by atoms with Crippen molar-refractivity contribution >= 4 is 23.3 Å². The summed E-state index contributed by atoms with van der Waals surface area (Å²) in [5, 5.41) is 3.68. The van der Waals surface area contributed by atoms with E-state index in [2.05, 4.69) is 17.3 Å². The van der Waals surface area contributed by atoms with Crippen LogP contribution < -0.4 is 5.32 Å². The maximum atomic E-state index is 12.2. The minimum Gasteiger partial charge on any atom is -0.317 e. The number of likely N-dealkylation sites (tertiary alicyclic amines) is 1. The van der Waals surface area contributed by atoms with E-state index in [1.807, 2.05) is 23.1 Å². The third kappa shape index (κ3) is 2.42. The predicted molar refractivity (Wildman–Crippen MR) is 76.5 cm³/mol. The highest BCUT2D eigenvalue weighted by atomic mass is 35.5. The van der Waals surface area contributed by atoms with Gasteiger partial charge in [0.25, 0.3) is 0 Å². The molecule has 2 amide bonds. The summed E-state index contributed by atoms with van der Waals surface area (Å²) in [5.74, 6) is 0. The molecule has 2 aliphatic rings. The van der Waals surface area contributed by atoms with Gasteiger partial charge in [-0.3, -0.25) is 0 Å². The standard InChI is InChI=1S/C14H18ClN3O/c1-17-7-5-10(6-8-17)18-9-11-12(15)3-2-4-13(11)16-14(18)19/h2-4,10H,5-9H2,1H3,(H,16,19). The number of carbonyl (C=O) groups is 1. The van der Waals surface area contributed by atoms with Gasteiger partial charge in [0.2, 0.25) is 0 Å². The van der Waals surface area contributed by atoms with Gasteiger partial charge in [0.1, 0.15) is 0 Å². The summed E-state index contributed by atoms with van der Waals surface area (Å²) in [6, 6.07) is 5.98. The van der Waals surface area contributed by atoms with Gasteiger partial charge in [0.15, 0.2) is 0 Å². The molecule has 0 unspecified atom stereocenters. The molecule has 2 aliphatic heterocycles. The molecule has 1 aromatic rings. The molecule has 0 aliphatic carbocycles. The largest absolute Gasteiger partial charge is 0.322 e. The van der Waals surface area contributed by atoms with Crippen LogP contribution in [-0.4, -0.2) is 42.0 Å². The van der Waals surface area contributed by atoms with Crippen molar-refractivity contribution in [3.63, 3.8) is 0 Å². The quantitative estimate of drug-likeness (QED) is 0.858. The van der Waals surface area contributed by atoms with E-state index >= 15 is 0 Å². The topological polar surface area (TPSA) is 35.6 Å². The summed E-state index contributed by atoms with van der Waals surface area (Å²) in [6.07, 6.45) is 2.06. The van der Waals surface area contributed by atoms with Gasteiger partial charge in [0, 0.05) is 22.3 Å². The van der Waals surface area contributed by atoms with Crippen LogP contribution in [0, 0.1) is 0 Å². The van der Waals surface area contributed by atoms with Gasteiger partial charge < -0.3 is 15.1 Å². The van der Waals surface area contributed by atoms with E-state index in [9.17, 15) is 4.79 Å². The molecule has 3 rings (SSSR count). The van der Waals surface area contributed by atoms with E-state index in [-0.39, 0.29) is 6.03 Å². The van der Waals surface area contributed by atoms with Crippen molar-refractivity contribution < 1.29 is 4.79 Å². The molecule has 5 heteroatoms. The smallest absolute Gasteiger partial charge is 0.317 e. The second kappa shape index (κ2) is 5.02. The maximum absolute atomic E-state index is 12.2. The van der Waals surface area contributed by atoms with E-state index in [4.69, 9.17) is 11.6 Å². The van der Waals surface area contributed by atoms with Gasteiger partial charge in [-0.2, -0.15) is 0 Å². The molecule has 0 radical (unpaired) electrons. The monoisotopic (exact) mass is 279 g/mol. The molecule has 1 saturated heterocycles. The summed E-state index contributed by atoms with van der Waals surface area (Å²) in [7, 11) is 2.12. The minimum absolute atomic E-state index is 0.00400. The average molecular weight is 280 g/mol. The number of hydrogen-bond donors (Lipinski definition) is 1. The summed E-state index contributed by atoms with van der Waals surface area (Å²) in [5.41, 5.74) is 1.88. The van der Waals surface area contributed by atoms with Crippen LogP contribution in [0.25, 0.3) is 0 Å². The third-order valence-corrected chi connectivity index (χ3v) is 4.43. The highest BCUT2D eigenvalue weighted by Crippen LogP contribution is 2.32. The number of carbonyl (C=O) groups excluding carboxylic acids is 1. The molecule has 0 spiro atoms. The van der Waals surface area contributed by atoms with E-state index in [0.29, 0.717) is 12.6 Å². The van der Waals surface area contributed by atoms with Crippen molar-refractivity contribution in [1.82, 2.24) is 9.80 Å². The molecule has 0 saturated carbocycles. The van der Waals surface area contributed by atoms with E-state index in [1.54, 1.807) is 0 Å². The Labute approximate surface area is 118 Å². The lowest BCUT2D eigenvalue weighted by atomic mass is 10.0. The van der Waals surface area contributed by atoms with Crippen molar-refractivity contribution in [3.8, 4) is 0 Å². The normalized spacial score (nSPS) is 21.2. The van der Waals surface area contributed by atoms with Gasteiger partial charge in [-0.15, -0.1) is 0 Å². The number of fused-ring (bicyclic) bond motifs is 1. The van der Waals surface area contributed by atoms with Gasteiger partial charge in [-0.1, -0.05) is 17.7 Å². The molecule has 19 heavy (non-hydrogen) atoms. The van der Waals surface area contributed by atoms with Crippen LogP contribution in [-0.2, 0) is 6.54 Å². The third-order valence-electron chi connectivity index (χ3n) is 4.08. The average Bonchev–Trinajstić information content (AvgIpc) is 2.40. The van der Waals surface area contributed by atoms with Crippen molar-refractivity contribution in [3.05, 3.63) is 28.8 Å². The molecule has 1 fully saturated rings. The van der Waals surface area contributed by atoms with E-state index in [0.717, 1.165) is 42.2 Å². The van der Waals surface area contributed by atoms with Gasteiger partial charge in [-0.05, 0) is 45.1 Å². The zero-order valence-corrected chi connectivity index (χ0v) is 11.8. The summed E-state index contributed by atoms with van der Waals surface area (Å²) in [4.78, 5) is 16.4. The number of hydrogen-bond acceptors (Lipinski definition) is 2. The van der Waals surface area contributed by atoms with Crippen LogP contribution in [0.3, 0.4) is 0 Å². The predicted octanol–water partition coefficient (Wildman–Crippen LogP) is 2.78. The first-order valence-corrected chi connectivity index (χ1v) is 7.06. The second-order valence-corrected chi connectivity index (χ2v) is 5.77. The summed E-state index contributed by atoms with van der Waals surface area (Å²) < 4.78 is 0. The minimum atomic E-state index is 0.00400. The van der Waals surface area contributed by atoms with E-state index in [1.165, 1.54) is 0 Å². The van der Waals surface area contributed by atoms with Crippen molar-refractivity contribution in [2.75, 3.05) is 25.5 Å². The van der Waals surface area contributed by atoms with Crippen LogP contribution in [0.15, 0.2) is 18.2 Å². The molecule has 4 nitrogen and oxygen atoms in total. The molecule has 2 heterocycles. The maximum Gasteiger partial charge on any atom is 0.322 e. The number of halogens is 1. The molecule has 1 aromatic carbocycles. The lowest BCUT2D eigenvalue weighted by Crippen LogP contribution is -2.49. The molecule has 0 bridgehead atoms. The van der Waals surface area contributed by atoms with Crippen LogP contribution in [0.1, 0.15) is 18.4 Å². The fourth-order valence-electron chi connectivity index (χ4n) is 2.87. The number of rotatable bonds is 1.